The van der Waals surface area contributed by atoms with Crippen molar-refractivity contribution in [2.75, 3.05) is 20.3 Å². The highest BCUT2D eigenvalue weighted by molar-refractivity contribution is 5.69. The number of ether oxygens (including phenoxy) is 3. The van der Waals surface area contributed by atoms with Gasteiger partial charge in [0.1, 0.15) is 0 Å². The molecule has 1 heterocycles. The van der Waals surface area contributed by atoms with Gasteiger partial charge in [0.15, 0.2) is 5.79 Å². The second-order valence-corrected chi connectivity index (χ2v) is 6.93. The van der Waals surface area contributed by atoms with Crippen molar-refractivity contribution < 1.29 is 19.0 Å². The lowest BCUT2D eigenvalue weighted by Crippen LogP contribution is -2.52. The molecule has 4 nitrogen and oxygen atoms in total. The van der Waals surface area contributed by atoms with Gasteiger partial charge in [0.05, 0.1) is 20.3 Å². The molecule has 2 aliphatic rings. The summed E-state index contributed by atoms with van der Waals surface area (Å²) in [5.74, 6) is -0.249. The standard InChI is InChI=1S/C15H26O4/c1-10-11(9-12(16)17-6)14(4,5)15(13(10,2)3)18-7-8-19-15/h10-11H,7-9H2,1-6H3. The summed E-state index contributed by atoms with van der Waals surface area (Å²) in [7, 11) is 1.44. The smallest absolute Gasteiger partial charge is 0.305 e. The number of carbonyl (C=O) groups is 1. The lowest BCUT2D eigenvalue weighted by Gasteiger charge is -2.45. The summed E-state index contributed by atoms with van der Waals surface area (Å²) >= 11 is 0. The van der Waals surface area contributed by atoms with Crippen LogP contribution >= 0.6 is 0 Å². The Balaban J connectivity index is 2.40. The minimum absolute atomic E-state index is 0.133. The fraction of sp³-hybridized carbons (Fsp3) is 0.933. The molecule has 2 unspecified atom stereocenters. The van der Waals surface area contributed by atoms with Gasteiger partial charge in [-0.05, 0) is 11.8 Å². The average molecular weight is 270 g/mol. The Bertz CT molecular complexity index is 366. The number of hydrogen-bond acceptors (Lipinski definition) is 4. The molecule has 0 aromatic rings. The zero-order valence-electron chi connectivity index (χ0n) is 12.9. The maximum absolute atomic E-state index is 11.7. The number of esters is 1. The quantitative estimate of drug-likeness (QED) is 0.724. The van der Waals surface area contributed by atoms with E-state index in [-0.39, 0.29) is 22.7 Å². The minimum atomic E-state index is -0.599. The number of hydrogen-bond donors (Lipinski definition) is 0. The molecule has 1 spiro atoms. The number of rotatable bonds is 2. The SMILES string of the molecule is COC(=O)CC1C(C)C(C)(C)C2(OCCO2)C1(C)C. The molecule has 19 heavy (non-hydrogen) atoms. The molecule has 4 heteroatoms. The topological polar surface area (TPSA) is 44.8 Å². The Kier molecular flexibility index (Phi) is 3.47. The van der Waals surface area contributed by atoms with Crippen LogP contribution in [0.1, 0.15) is 41.0 Å². The molecule has 0 N–H and O–H groups in total. The Morgan fingerprint density at radius 2 is 1.68 bits per heavy atom. The van der Waals surface area contributed by atoms with E-state index in [9.17, 15) is 4.79 Å². The molecule has 1 saturated carbocycles. The van der Waals surface area contributed by atoms with Crippen LogP contribution in [0.5, 0.6) is 0 Å². The van der Waals surface area contributed by atoms with Gasteiger partial charge in [-0.2, -0.15) is 0 Å². The fourth-order valence-electron chi connectivity index (χ4n) is 4.35. The molecule has 0 radical (unpaired) electrons. The summed E-state index contributed by atoms with van der Waals surface area (Å²) in [5.41, 5.74) is -0.355. The predicted molar refractivity (Wildman–Crippen MR) is 71.5 cm³/mol. The van der Waals surface area contributed by atoms with Gasteiger partial charge < -0.3 is 14.2 Å². The molecule has 0 aromatic heterocycles. The first-order valence-corrected chi connectivity index (χ1v) is 7.05. The summed E-state index contributed by atoms with van der Waals surface area (Å²) in [4.78, 5) is 11.7. The van der Waals surface area contributed by atoms with E-state index < -0.39 is 5.79 Å². The van der Waals surface area contributed by atoms with Gasteiger partial charge in [0.2, 0.25) is 0 Å². The normalized spacial score (nSPS) is 34.6. The third kappa shape index (κ3) is 1.76. The maximum atomic E-state index is 11.7. The summed E-state index contributed by atoms with van der Waals surface area (Å²) in [6.07, 6.45) is 0.419. The lowest BCUT2D eigenvalue weighted by atomic mass is 9.74. The monoisotopic (exact) mass is 270 g/mol. The van der Waals surface area contributed by atoms with Crippen LogP contribution in [-0.2, 0) is 19.0 Å². The second-order valence-electron chi connectivity index (χ2n) is 6.93. The van der Waals surface area contributed by atoms with E-state index in [4.69, 9.17) is 14.2 Å². The van der Waals surface area contributed by atoms with E-state index in [2.05, 4.69) is 34.6 Å². The highest BCUT2D eigenvalue weighted by atomic mass is 16.7. The van der Waals surface area contributed by atoms with Gasteiger partial charge in [-0.15, -0.1) is 0 Å². The van der Waals surface area contributed by atoms with E-state index in [0.29, 0.717) is 25.6 Å². The van der Waals surface area contributed by atoms with Crippen LogP contribution in [0.4, 0.5) is 0 Å². The minimum Gasteiger partial charge on any atom is -0.469 e. The highest BCUT2D eigenvalue weighted by Crippen LogP contribution is 2.66. The van der Waals surface area contributed by atoms with Crippen molar-refractivity contribution in [1.82, 2.24) is 0 Å². The highest BCUT2D eigenvalue weighted by Gasteiger charge is 2.71. The van der Waals surface area contributed by atoms with E-state index >= 15 is 0 Å². The first-order chi connectivity index (χ1) is 8.70. The lowest BCUT2D eigenvalue weighted by molar-refractivity contribution is -0.268. The first kappa shape index (κ1) is 14.8. The molecular formula is C15H26O4. The third-order valence-electron chi connectivity index (χ3n) is 5.67. The van der Waals surface area contributed by atoms with Gasteiger partial charge in [0.25, 0.3) is 0 Å². The molecule has 2 atom stereocenters. The molecule has 0 aromatic carbocycles. The first-order valence-electron chi connectivity index (χ1n) is 7.05. The van der Waals surface area contributed by atoms with Crippen LogP contribution in [0.2, 0.25) is 0 Å². The maximum Gasteiger partial charge on any atom is 0.305 e. The van der Waals surface area contributed by atoms with Crippen molar-refractivity contribution in [2.24, 2.45) is 22.7 Å². The Hall–Kier alpha value is -0.610. The largest absolute Gasteiger partial charge is 0.469 e. The average Bonchev–Trinajstić information content (AvgIpc) is 2.88. The summed E-state index contributed by atoms with van der Waals surface area (Å²) in [6.45, 7) is 12.1. The van der Waals surface area contributed by atoms with Gasteiger partial charge in [-0.1, -0.05) is 34.6 Å². The molecule has 1 aliphatic heterocycles. The third-order valence-corrected chi connectivity index (χ3v) is 5.67. The fourth-order valence-corrected chi connectivity index (χ4v) is 4.35. The molecule has 2 fully saturated rings. The van der Waals surface area contributed by atoms with Crippen LogP contribution in [0.3, 0.4) is 0 Å². The zero-order valence-corrected chi connectivity index (χ0v) is 12.9. The summed E-state index contributed by atoms with van der Waals surface area (Å²) in [6, 6.07) is 0. The second kappa shape index (κ2) is 4.45. The molecule has 0 amide bonds. The van der Waals surface area contributed by atoms with Gasteiger partial charge in [-0.3, -0.25) is 4.79 Å². The van der Waals surface area contributed by atoms with Crippen LogP contribution in [0.15, 0.2) is 0 Å². The Morgan fingerprint density at radius 3 is 2.16 bits per heavy atom. The van der Waals surface area contributed by atoms with Crippen molar-refractivity contribution in [2.45, 2.75) is 46.8 Å². The molecule has 0 bridgehead atoms. The molecule has 110 valence electrons. The zero-order chi connectivity index (χ0) is 14.5. The van der Waals surface area contributed by atoms with Gasteiger partial charge in [0, 0.05) is 17.3 Å². The molecule has 2 rings (SSSR count). The molecule has 1 aliphatic carbocycles. The summed E-state index contributed by atoms with van der Waals surface area (Å²) in [5, 5.41) is 0. The van der Waals surface area contributed by atoms with Crippen molar-refractivity contribution >= 4 is 5.97 Å². The van der Waals surface area contributed by atoms with E-state index in [1.807, 2.05) is 0 Å². The Labute approximate surface area is 115 Å². The van der Waals surface area contributed by atoms with E-state index in [1.165, 1.54) is 7.11 Å². The van der Waals surface area contributed by atoms with Crippen LogP contribution in [-0.4, -0.2) is 32.1 Å². The molecular weight excluding hydrogens is 244 g/mol. The number of carbonyl (C=O) groups excluding carboxylic acids is 1. The van der Waals surface area contributed by atoms with Crippen molar-refractivity contribution in [3.8, 4) is 0 Å². The van der Waals surface area contributed by atoms with Crippen LogP contribution in [0, 0.1) is 22.7 Å². The van der Waals surface area contributed by atoms with Crippen molar-refractivity contribution in [1.29, 1.82) is 0 Å². The van der Waals surface area contributed by atoms with Crippen LogP contribution < -0.4 is 0 Å². The van der Waals surface area contributed by atoms with Gasteiger partial charge in [-0.25, -0.2) is 0 Å². The van der Waals surface area contributed by atoms with Crippen LogP contribution in [0.25, 0.3) is 0 Å². The summed E-state index contributed by atoms with van der Waals surface area (Å²) < 4.78 is 17.0. The van der Waals surface area contributed by atoms with Gasteiger partial charge >= 0.3 is 5.97 Å². The predicted octanol–water partition coefficient (Wildman–Crippen LogP) is 2.61. The number of methoxy groups -OCH3 is 1. The van der Waals surface area contributed by atoms with Crippen molar-refractivity contribution in [3.05, 3.63) is 0 Å². The molecule has 1 saturated heterocycles. The van der Waals surface area contributed by atoms with Crippen molar-refractivity contribution in [3.63, 3.8) is 0 Å². The Morgan fingerprint density at radius 1 is 1.16 bits per heavy atom. The van der Waals surface area contributed by atoms with E-state index in [1.54, 1.807) is 0 Å². The van der Waals surface area contributed by atoms with E-state index in [0.717, 1.165) is 0 Å².